The molecule has 0 unspecified atom stereocenters. The zero-order valence-electron chi connectivity index (χ0n) is 18.1. The van der Waals surface area contributed by atoms with Crippen LogP contribution in [-0.4, -0.2) is 17.1 Å². The Morgan fingerprint density at radius 1 is 1.09 bits per heavy atom. The van der Waals surface area contributed by atoms with E-state index < -0.39 is 17.0 Å². The largest absolute Gasteiger partial charge is 0.321 e. The first-order valence-corrected chi connectivity index (χ1v) is 12.1. The number of nitrogens with one attached hydrogen (secondary N) is 1. The molecule has 8 heteroatoms. The van der Waals surface area contributed by atoms with E-state index in [2.05, 4.69) is 21.2 Å². The van der Waals surface area contributed by atoms with Crippen LogP contribution in [0.2, 0.25) is 0 Å². The maximum atomic E-state index is 13.5. The van der Waals surface area contributed by atoms with Gasteiger partial charge >= 0.3 is 0 Å². The highest BCUT2D eigenvalue weighted by atomic mass is 79.9. The van der Waals surface area contributed by atoms with Crippen LogP contribution in [0.25, 0.3) is 0 Å². The van der Waals surface area contributed by atoms with E-state index in [0.29, 0.717) is 17.8 Å². The van der Waals surface area contributed by atoms with Gasteiger partial charge in [0.1, 0.15) is 22.5 Å². The molecule has 1 aliphatic heterocycles. The Morgan fingerprint density at radius 3 is 2.35 bits per heavy atom. The molecule has 170 valence electrons. The van der Waals surface area contributed by atoms with Crippen LogP contribution < -0.4 is 10.2 Å². The Morgan fingerprint density at radius 2 is 1.74 bits per heavy atom. The van der Waals surface area contributed by atoms with Gasteiger partial charge in [-0.3, -0.25) is 14.5 Å². The summed E-state index contributed by atoms with van der Waals surface area (Å²) in [5.41, 5.74) is 2.80. The highest BCUT2D eigenvalue weighted by Gasteiger charge is 2.40. The van der Waals surface area contributed by atoms with Gasteiger partial charge in [0, 0.05) is 15.8 Å². The van der Waals surface area contributed by atoms with Crippen LogP contribution in [0.5, 0.6) is 0 Å². The van der Waals surface area contributed by atoms with Gasteiger partial charge in [-0.2, -0.15) is 5.26 Å². The molecule has 0 saturated carbocycles. The van der Waals surface area contributed by atoms with Crippen LogP contribution in [0.15, 0.2) is 87.9 Å². The maximum Gasteiger partial charge on any atom is 0.269 e. The number of carbonyl (C=O) groups is 2. The van der Waals surface area contributed by atoms with Crippen LogP contribution in [-0.2, 0) is 16.0 Å². The second-order valence-corrected chi connectivity index (χ2v) is 9.81. The quantitative estimate of drug-likeness (QED) is 0.323. The molecule has 1 atom stereocenters. The molecular weight excluding hydrogens is 517 g/mol. The van der Waals surface area contributed by atoms with E-state index >= 15 is 0 Å². The Hall–Kier alpha value is -3.41. The second kappa shape index (κ2) is 10.2. The Balaban J connectivity index is 1.71. The molecule has 34 heavy (non-hydrogen) atoms. The number of anilines is 2. The molecule has 2 amide bonds. The number of hydrogen-bond acceptors (Lipinski definition) is 4. The summed E-state index contributed by atoms with van der Waals surface area (Å²) in [4.78, 5) is 27.8. The van der Waals surface area contributed by atoms with Crippen LogP contribution in [0.1, 0.15) is 11.1 Å². The summed E-state index contributed by atoms with van der Waals surface area (Å²) < 4.78 is 14.4. The number of carbonyl (C=O) groups excluding carboxylic acids is 2. The average Bonchev–Trinajstić information content (AvgIpc) is 3.13. The number of amides is 2. The standard InChI is InChI=1S/C26H19BrFN3O2S/c1-16-2-4-17(5-3-16)14-23-25(33)31(21-12-8-19(28)9-13-21)26(34-23)22(15-29)24(32)30-20-10-6-18(27)7-11-20/h2-13,23H,14H2,1H3,(H,30,32)/b26-22-/t23-/m0/s1. The monoisotopic (exact) mass is 535 g/mol. The first-order valence-electron chi connectivity index (χ1n) is 10.4. The van der Waals surface area contributed by atoms with Crippen molar-refractivity contribution in [3.05, 3.63) is 105 Å². The minimum absolute atomic E-state index is 0.183. The van der Waals surface area contributed by atoms with Crippen molar-refractivity contribution in [2.24, 2.45) is 0 Å². The molecule has 3 aromatic rings. The number of rotatable bonds is 5. The number of benzene rings is 3. The van der Waals surface area contributed by atoms with Crippen molar-refractivity contribution >= 4 is 50.9 Å². The number of nitrogens with zero attached hydrogens (tertiary/aromatic N) is 2. The smallest absolute Gasteiger partial charge is 0.269 e. The Kier molecular flexibility index (Phi) is 7.15. The topological polar surface area (TPSA) is 73.2 Å². The van der Waals surface area contributed by atoms with Crippen molar-refractivity contribution in [2.75, 3.05) is 10.2 Å². The van der Waals surface area contributed by atoms with E-state index in [4.69, 9.17) is 0 Å². The number of aryl methyl sites for hydroxylation is 1. The summed E-state index contributed by atoms with van der Waals surface area (Å²) in [5, 5.41) is 12.3. The fourth-order valence-electron chi connectivity index (χ4n) is 3.48. The molecule has 1 fully saturated rings. The first kappa shape index (κ1) is 23.7. The third kappa shape index (κ3) is 5.22. The second-order valence-electron chi connectivity index (χ2n) is 7.70. The lowest BCUT2D eigenvalue weighted by Gasteiger charge is -2.18. The lowest BCUT2D eigenvalue weighted by atomic mass is 10.1. The molecule has 1 aliphatic rings. The molecule has 0 bridgehead atoms. The Bertz CT molecular complexity index is 1300. The molecule has 3 aromatic carbocycles. The first-order chi connectivity index (χ1) is 16.4. The van der Waals surface area contributed by atoms with E-state index in [1.54, 1.807) is 24.3 Å². The van der Waals surface area contributed by atoms with Crippen molar-refractivity contribution in [2.45, 2.75) is 18.6 Å². The van der Waals surface area contributed by atoms with E-state index in [9.17, 15) is 19.2 Å². The van der Waals surface area contributed by atoms with Crippen LogP contribution in [0.3, 0.4) is 0 Å². The summed E-state index contributed by atoms with van der Waals surface area (Å²) in [7, 11) is 0. The van der Waals surface area contributed by atoms with E-state index in [1.165, 1.54) is 40.9 Å². The average molecular weight is 536 g/mol. The summed E-state index contributed by atoms with van der Waals surface area (Å²) in [6.07, 6.45) is 0.429. The van der Waals surface area contributed by atoms with E-state index in [-0.39, 0.29) is 16.5 Å². The predicted octanol–water partition coefficient (Wildman–Crippen LogP) is 5.96. The molecular formula is C26H19BrFN3O2S. The zero-order valence-corrected chi connectivity index (χ0v) is 20.5. The third-order valence-electron chi connectivity index (χ3n) is 5.23. The van der Waals surface area contributed by atoms with Crippen LogP contribution >= 0.6 is 27.7 Å². The lowest BCUT2D eigenvalue weighted by molar-refractivity contribution is -0.117. The number of hydrogen-bond donors (Lipinski definition) is 1. The van der Waals surface area contributed by atoms with Gasteiger partial charge in [0.05, 0.1) is 5.25 Å². The van der Waals surface area contributed by atoms with Crippen molar-refractivity contribution in [3.63, 3.8) is 0 Å². The fraction of sp³-hybridized carbons (Fsp3) is 0.115. The SMILES string of the molecule is Cc1ccc(C[C@@H]2S/C(=C(/C#N)C(=O)Nc3ccc(Br)cc3)N(c3ccc(F)cc3)C2=O)cc1. The van der Waals surface area contributed by atoms with E-state index in [0.717, 1.165) is 15.6 Å². The summed E-state index contributed by atoms with van der Waals surface area (Å²) in [6.45, 7) is 1.99. The van der Waals surface area contributed by atoms with Gasteiger partial charge in [-0.15, -0.1) is 0 Å². The molecule has 0 radical (unpaired) electrons. The van der Waals surface area contributed by atoms with Gasteiger partial charge < -0.3 is 5.32 Å². The van der Waals surface area contributed by atoms with Crippen LogP contribution in [0.4, 0.5) is 15.8 Å². The highest BCUT2D eigenvalue weighted by molar-refractivity contribution is 9.10. The molecule has 5 nitrogen and oxygen atoms in total. The third-order valence-corrected chi connectivity index (χ3v) is 7.03. The molecule has 1 saturated heterocycles. The van der Waals surface area contributed by atoms with E-state index in [1.807, 2.05) is 37.3 Å². The highest BCUT2D eigenvalue weighted by Crippen LogP contribution is 2.42. The zero-order chi connectivity index (χ0) is 24.2. The Labute approximate surface area is 209 Å². The number of halogens is 2. The van der Waals surface area contributed by atoms with Crippen molar-refractivity contribution in [1.82, 2.24) is 0 Å². The van der Waals surface area contributed by atoms with Crippen molar-refractivity contribution in [1.29, 1.82) is 5.26 Å². The molecule has 4 rings (SSSR count). The molecule has 1 heterocycles. The minimum atomic E-state index is -0.622. The van der Waals surface area contributed by atoms with Gasteiger partial charge in [-0.1, -0.05) is 57.5 Å². The van der Waals surface area contributed by atoms with Crippen molar-refractivity contribution < 1.29 is 14.0 Å². The fourth-order valence-corrected chi connectivity index (χ4v) is 5.05. The lowest BCUT2D eigenvalue weighted by Crippen LogP contribution is -2.30. The van der Waals surface area contributed by atoms with Gasteiger partial charge in [0.2, 0.25) is 5.91 Å². The number of thioether (sulfide) groups is 1. The molecule has 1 N–H and O–H groups in total. The molecule has 0 aromatic heterocycles. The van der Waals surface area contributed by atoms with Gasteiger partial charge in [0.25, 0.3) is 5.91 Å². The van der Waals surface area contributed by atoms with Crippen molar-refractivity contribution in [3.8, 4) is 6.07 Å². The van der Waals surface area contributed by atoms with Gasteiger partial charge in [-0.25, -0.2) is 4.39 Å². The summed E-state index contributed by atoms with van der Waals surface area (Å²) in [5.74, 6) is -1.34. The van der Waals surface area contributed by atoms with Gasteiger partial charge in [0.15, 0.2) is 0 Å². The minimum Gasteiger partial charge on any atom is -0.321 e. The summed E-state index contributed by atoms with van der Waals surface area (Å²) in [6, 6.07) is 22.2. The maximum absolute atomic E-state index is 13.5. The number of nitriles is 1. The summed E-state index contributed by atoms with van der Waals surface area (Å²) >= 11 is 4.51. The predicted molar refractivity (Wildman–Crippen MR) is 136 cm³/mol. The normalized spacial score (nSPS) is 16.8. The van der Waals surface area contributed by atoms with Gasteiger partial charge in [-0.05, 0) is 67.4 Å². The molecule has 0 aliphatic carbocycles. The molecule has 0 spiro atoms. The van der Waals surface area contributed by atoms with Crippen LogP contribution in [0, 0.1) is 24.1 Å².